The van der Waals surface area contributed by atoms with E-state index in [1.54, 1.807) is 0 Å². The third kappa shape index (κ3) is 3.15. The van der Waals surface area contributed by atoms with Gasteiger partial charge in [-0.1, -0.05) is 71.3 Å². The van der Waals surface area contributed by atoms with Crippen LogP contribution in [0.3, 0.4) is 0 Å². The fraction of sp³-hybridized carbons (Fsp3) is 0.250. The number of aryl methyl sites for hydroxylation is 6. The Kier molecular flexibility index (Phi) is 4.91. The van der Waals surface area contributed by atoms with E-state index in [0.29, 0.717) is 0 Å². The molecule has 3 aromatic rings. The molecule has 0 heterocycles. The highest BCUT2D eigenvalue weighted by Crippen LogP contribution is 2.15. The number of hydrogen-bond acceptors (Lipinski definition) is 1. The van der Waals surface area contributed by atoms with Crippen molar-refractivity contribution in [3.05, 3.63) is 88.0 Å². The summed E-state index contributed by atoms with van der Waals surface area (Å²) in [6.45, 7) is 12.7. The maximum absolute atomic E-state index is 12.4. The molecule has 134 valence electrons. The molecule has 0 spiro atoms. The molecule has 0 aromatic heterocycles. The normalized spacial score (nSPS) is 11.7. The van der Waals surface area contributed by atoms with Gasteiger partial charge in [-0.25, -0.2) is 0 Å². The SMILES string of the molecule is Cc1ccc([Si](O)(c2ccc(C)cc2C)c2ccc(C)cc2C)c(C)c1. The first-order valence-electron chi connectivity index (χ1n) is 9.19. The molecule has 1 N–H and O–H groups in total. The van der Waals surface area contributed by atoms with E-state index < -0.39 is 8.32 Å². The smallest absolute Gasteiger partial charge is 0.286 e. The molecule has 0 saturated carbocycles. The molecule has 1 nitrogen and oxygen atoms in total. The number of hydrogen-bond donors (Lipinski definition) is 1. The largest absolute Gasteiger partial charge is 0.421 e. The Morgan fingerprint density at radius 2 is 0.769 bits per heavy atom. The second-order valence-corrected chi connectivity index (χ2v) is 10.7. The topological polar surface area (TPSA) is 20.2 Å². The van der Waals surface area contributed by atoms with E-state index >= 15 is 0 Å². The Labute approximate surface area is 158 Å². The van der Waals surface area contributed by atoms with Crippen molar-refractivity contribution in [2.75, 3.05) is 0 Å². The minimum atomic E-state index is -3.08. The van der Waals surface area contributed by atoms with Crippen LogP contribution < -0.4 is 15.6 Å². The molecule has 0 aliphatic carbocycles. The molecule has 26 heavy (non-hydrogen) atoms. The summed E-state index contributed by atoms with van der Waals surface area (Å²) in [6, 6.07) is 19.3. The summed E-state index contributed by atoms with van der Waals surface area (Å²) >= 11 is 0. The first kappa shape index (κ1) is 18.6. The molecule has 3 rings (SSSR count). The summed E-state index contributed by atoms with van der Waals surface area (Å²) in [5.41, 5.74) is 7.17. The number of benzene rings is 3. The third-order valence-corrected chi connectivity index (χ3v) is 9.34. The van der Waals surface area contributed by atoms with Gasteiger partial charge < -0.3 is 4.80 Å². The summed E-state index contributed by atoms with van der Waals surface area (Å²) in [7, 11) is -3.08. The van der Waals surface area contributed by atoms with E-state index in [0.717, 1.165) is 15.6 Å². The van der Waals surface area contributed by atoms with Crippen LogP contribution in [0.1, 0.15) is 33.4 Å². The predicted octanol–water partition coefficient (Wildman–Crippen LogP) is 3.50. The zero-order valence-corrected chi connectivity index (χ0v) is 17.6. The molecule has 0 aliphatic rings. The maximum atomic E-state index is 12.4. The molecule has 0 atom stereocenters. The van der Waals surface area contributed by atoms with Crippen molar-refractivity contribution in [2.45, 2.75) is 41.5 Å². The van der Waals surface area contributed by atoms with E-state index in [2.05, 4.69) is 96.1 Å². The Morgan fingerprint density at radius 3 is 1.00 bits per heavy atom. The van der Waals surface area contributed by atoms with E-state index in [-0.39, 0.29) is 0 Å². The minimum Gasteiger partial charge on any atom is -0.421 e. The van der Waals surface area contributed by atoms with Gasteiger partial charge in [-0.2, -0.15) is 0 Å². The van der Waals surface area contributed by atoms with Gasteiger partial charge in [-0.05, 0) is 73.8 Å². The van der Waals surface area contributed by atoms with Crippen LogP contribution in [0.2, 0.25) is 0 Å². The van der Waals surface area contributed by atoms with Gasteiger partial charge in [-0.15, -0.1) is 0 Å². The second-order valence-electron chi connectivity index (χ2n) is 7.67. The summed E-state index contributed by atoms with van der Waals surface area (Å²) in [4.78, 5) is 12.4. The molecule has 0 saturated heterocycles. The number of rotatable bonds is 3. The summed E-state index contributed by atoms with van der Waals surface area (Å²) in [5, 5.41) is 3.26. The van der Waals surface area contributed by atoms with Crippen molar-refractivity contribution in [3.8, 4) is 0 Å². The van der Waals surface area contributed by atoms with Crippen molar-refractivity contribution in [2.24, 2.45) is 0 Å². The van der Waals surface area contributed by atoms with Crippen LogP contribution in [-0.2, 0) is 0 Å². The van der Waals surface area contributed by atoms with Crippen LogP contribution in [0, 0.1) is 41.5 Å². The molecule has 2 heteroatoms. The molecule has 3 aromatic carbocycles. The van der Waals surface area contributed by atoms with E-state index in [1.807, 2.05) is 0 Å². The lowest BCUT2D eigenvalue weighted by Gasteiger charge is -2.31. The van der Waals surface area contributed by atoms with Crippen molar-refractivity contribution >= 4 is 23.9 Å². The molecule has 0 radical (unpaired) electrons. The van der Waals surface area contributed by atoms with Crippen LogP contribution in [-0.4, -0.2) is 13.1 Å². The minimum absolute atomic E-state index is 1.09. The molecule has 0 bridgehead atoms. The lowest BCUT2D eigenvalue weighted by molar-refractivity contribution is 0.582. The van der Waals surface area contributed by atoms with Crippen molar-refractivity contribution < 1.29 is 4.80 Å². The Morgan fingerprint density at radius 1 is 0.500 bits per heavy atom. The molecular formula is C24H28OSi. The van der Waals surface area contributed by atoms with Gasteiger partial charge in [-0.3, -0.25) is 0 Å². The quantitative estimate of drug-likeness (QED) is 0.560. The van der Waals surface area contributed by atoms with E-state index in [1.165, 1.54) is 33.4 Å². The van der Waals surface area contributed by atoms with Gasteiger partial charge in [0.1, 0.15) is 0 Å². The standard InChI is InChI=1S/C24H28OSi/c1-16-7-10-22(19(4)13-16)26(25,23-11-8-17(2)14-20(23)5)24-12-9-18(3)15-21(24)6/h7-15,25H,1-6H3. The molecule has 0 fully saturated rings. The average molecular weight is 361 g/mol. The Balaban J connectivity index is 2.38. The molecule has 0 amide bonds. The third-order valence-electron chi connectivity index (χ3n) is 5.32. The highest BCUT2D eigenvalue weighted by molar-refractivity contribution is 7.06. The molecule has 0 unspecified atom stereocenters. The lowest BCUT2D eigenvalue weighted by Crippen LogP contribution is -2.69. The van der Waals surface area contributed by atoms with Crippen molar-refractivity contribution in [1.82, 2.24) is 0 Å². The van der Waals surface area contributed by atoms with Gasteiger partial charge in [0.25, 0.3) is 8.32 Å². The van der Waals surface area contributed by atoms with Gasteiger partial charge >= 0.3 is 0 Å². The van der Waals surface area contributed by atoms with Crippen molar-refractivity contribution in [1.29, 1.82) is 0 Å². The second kappa shape index (κ2) is 6.86. The first-order valence-corrected chi connectivity index (χ1v) is 11.1. The monoisotopic (exact) mass is 360 g/mol. The van der Waals surface area contributed by atoms with Crippen LogP contribution in [0.15, 0.2) is 54.6 Å². The summed E-state index contributed by atoms with van der Waals surface area (Å²) in [5.74, 6) is 0. The predicted molar refractivity (Wildman–Crippen MR) is 115 cm³/mol. The van der Waals surface area contributed by atoms with Crippen LogP contribution in [0.5, 0.6) is 0 Å². The zero-order valence-electron chi connectivity index (χ0n) is 16.6. The van der Waals surface area contributed by atoms with E-state index in [4.69, 9.17) is 0 Å². The van der Waals surface area contributed by atoms with Gasteiger partial charge in [0.15, 0.2) is 0 Å². The zero-order chi connectivity index (χ0) is 19.1. The Hall–Kier alpha value is -2.16. The lowest BCUT2D eigenvalue weighted by atomic mass is 10.1. The highest BCUT2D eigenvalue weighted by atomic mass is 28.4. The van der Waals surface area contributed by atoms with Crippen LogP contribution >= 0.6 is 0 Å². The fourth-order valence-corrected chi connectivity index (χ4v) is 7.87. The average Bonchev–Trinajstić information content (AvgIpc) is 2.54. The fourth-order valence-electron chi connectivity index (χ4n) is 4.09. The Bertz CT molecular complexity index is 847. The van der Waals surface area contributed by atoms with Crippen molar-refractivity contribution in [3.63, 3.8) is 0 Å². The van der Waals surface area contributed by atoms with Gasteiger partial charge in [0.05, 0.1) is 0 Å². The highest BCUT2D eigenvalue weighted by Gasteiger charge is 2.41. The van der Waals surface area contributed by atoms with Crippen LogP contribution in [0.25, 0.3) is 0 Å². The summed E-state index contributed by atoms with van der Waals surface area (Å²) < 4.78 is 0. The summed E-state index contributed by atoms with van der Waals surface area (Å²) in [6.07, 6.45) is 0. The maximum Gasteiger partial charge on any atom is 0.286 e. The van der Waals surface area contributed by atoms with Gasteiger partial charge in [0.2, 0.25) is 0 Å². The molecular weight excluding hydrogens is 332 g/mol. The first-order chi connectivity index (χ1) is 12.2. The van der Waals surface area contributed by atoms with Crippen LogP contribution in [0.4, 0.5) is 0 Å². The van der Waals surface area contributed by atoms with Gasteiger partial charge in [0, 0.05) is 0 Å². The van der Waals surface area contributed by atoms with E-state index in [9.17, 15) is 4.80 Å². The molecule has 0 aliphatic heterocycles.